The van der Waals surface area contributed by atoms with Gasteiger partial charge in [0.05, 0.1) is 17.4 Å². The molecular formula is C15H24N2O3. The molecular weight excluding hydrogens is 256 g/mol. The first-order valence-corrected chi connectivity index (χ1v) is 7.50. The lowest BCUT2D eigenvalue weighted by Crippen LogP contribution is -2.45. The summed E-state index contributed by atoms with van der Waals surface area (Å²) in [7, 11) is 1.90. The smallest absolute Gasteiger partial charge is 0.0853 e. The van der Waals surface area contributed by atoms with E-state index in [1.54, 1.807) is 4.68 Å². The van der Waals surface area contributed by atoms with Crippen LogP contribution in [-0.4, -0.2) is 40.3 Å². The Morgan fingerprint density at radius 3 is 2.80 bits per heavy atom. The summed E-state index contributed by atoms with van der Waals surface area (Å²) in [6.45, 7) is 4.24. The minimum absolute atomic E-state index is 0.0712. The predicted molar refractivity (Wildman–Crippen MR) is 74.4 cm³/mol. The van der Waals surface area contributed by atoms with Crippen LogP contribution in [0.3, 0.4) is 0 Å². The van der Waals surface area contributed by atoms with Crippen LogP contribution in [0.15, 0.2) is 6.20 Å². The Morgan fingerprint density at radius 2 is 2.15 bits per heavy atom. The van der Waals surface area contributed by atoms with Gasteiger partial charge in [0.15, 0.2) is 0 Å². The van der Waals surface area contributed by atoms with E-state index in [1.165, 1.54) is 0 Å². The quantitative estimate of drug-likeness (QED) is 0.896. The minimum atomic E-state index is -0.438. The van der Waals surface area contributed by atoms with E-state index >= 15 is 0 Å². The Kier molecular flexibility index (Phi) is 3.84. The lowest BCUT2D eigenvalue weighted by atomic mass is 9.77. The molecule has 2 unspecified atom stereocenters. The Morgan fingerprint density at radius 1 is 1.40 bits per heavy atom. The number of nitrogens with zero attached hydrogens (tertiary/aromatic N) is 2. The molecule has 5 nitrogen and oxygen atoms in total. The van der Waals surface area contributed by atoms with Gasteiger partial charge in [-0.15, -0.1) is 0 Å². The van der Waals surface area contributed by atoms with E-state index in [4.69, 9.17) is 9.47 Å². The zero-order chi connectivity index (χ0) is 14.2. The van der Waals surface area contributed by atoms with E-state index in [-0.39, 0.29) is 11.5 Å². The number of aliphatic hydroxyl groups excluding tert-OH is 1. The monoisotopic (exact) mass is 280 g/mol. The minimum Gasteiger partial charge on any atom is -0.388 e. The van der Waals surface area contributed by atoms with E-state index < -0.39 is 6.10 Å². The van der Waals surface area contributed by atoms with E-state index in [0.717, 1.165) is 56.8 Å². The van der Waals surface area contributed by atoms with Gasteiger partial charge in [-0.25, -0.2) is 0 Å². The van der Waals surface area contributed by atoms with Gasteiger partial charge >= 0.3 is 0 Å². The highest BCUT2D eigenvalue weighted by molar-refractivity contribution is 5.19. The molecule has 2 atom stereocenters. The summed E-state index contributed by atoms with van der Waals surface area (Å²) < 4.78 is 13.3. The summed E-state index contributed by atoms with van der Waals surface area (Å²) in [5.74, 6) is 0.254. The van der Waals surface area contributed by atoms with Crippen LogP contribution in [0, 0.1) is 12.8 Å². The molecule has 1 N–H and O–H groups in total. The number of hydrogen-bond donors (Lipinski definition) is 1. The molecule has 5 heteroatoms. The van der Waals surface area contributed by atoms with Gasteiger partial charge in [0.2, 0.25) is 0 Å². The third kappa shape index (κ3) is 2.62. The highest BCUT2D eigenvalue weighted by Crippen LogP contribution is 2.42. The highest BCUT2D eigenvalue weighted by atomic mass is 16.5. The molecule has 2 saturated heterocycles. The SMILES string of the molecule is Cc1nn(C)cc1C(O)C1CCOC2(CCOCC2)C1. The molecule has 2 fully saturated rings. The zero-order valence-corrected chi connectivity index (χ0v) is 12.3. The third-order valence-corrected chi connectivity index (χ3v) is 4.75. The first-order valence-electron chi connectivity index (χ1n) is 7.50. The summed E-state index contributed by atoms with van der Waals surface area (Å²) in [4.78, 5) is 0. The number of aliphatic hydroxyl groups is 1. The fraction of sp³-hybridized carbons (Fsp3) is 0.800. The molecule has 0 aliphatic carbocycles. The van der Waals surface area contributed by atoms with Crippen LogP contribution in [0.2, 0.25) is 0 Å². The second kappa shape index (κ2) is 5.47. The summed E-state index contributed by atoms with van der Waals surface area (Å²) >= 11 is 0. The van der Waals surface area contributed by atoms with E-state index in [1.807, 2.05) is 20.2 Å². The molecule has 3 heterocycles. The average Bonchev–Trinajstić information content (AvgIpc) is 2.78. The number of aryl methyl sites for hydroxylation is 2. The number of hydrogen-bond acceptors (Lipinski definition) is 4. The van der Waals surface area contributed by atoms with Gasteiger partial charge in [-0.1, -0.05) is 0 Å². The van der Waals surface area contributed by atoms with Gasteiger partial charge in [0, 0.05) is 38.6 Å². The van der Waals surface area contributed by atoms with Crippen molar-refractivity contribution in [2.24, 2.45) is 13.0 Å². The molecule has 2 aliphatic heterocycles. The van der Waals surface area contributed by atoms with E-state index in [2.05, 4.69) is 5.10 Å². The van der Waals surface area contributed by atoms with Crippen LogP contribution in [-0.2, 0) is 16.5 Å². The third-order valence-electron chi connectivity index (χ3n) is 4.75. The molecule has 3 rings (SSSR count). The van der Waals surface area contributed by atoms with Crippen LogP contribution >= 0.6 is 0 Å². The lowest BCUT2D eigenvalue weighted by molar-refractivity contribution is -0.159. The predicted octanol–water partition coefficient (Wildman–Crippen LogP) is 1.74. The van der Waals surface area contributed by atoms with Gasteiger partial charge in [-0.3, -0.25) is 4.68 Å². The van der Waals surface area contributed by atoms with Crippen LogP contribution in [0.1, 0.15) is 43.0 Å². The maximum Gasteiger partial charge on any atom is 0.0853 e. The molecule has 0 bridgehead atoms. The topological polar surface area (TPSA) is 56.5 Å². The van der Waals surface area contributed by atoms with Gasteiger partial charge < -0.3 is 14.6 Å². The summed E-state index contributed by atoms with van der Waals surface area (Å²) in [6, 6.07) is 0. The van der Waals surface area contributed by atoms with Crippen molar-refractivity contribution in [1.82, 2.24) is 9.78 Å². The van der Waals surface area contributed by atoms with E-state index in [9.17, 15) is 5.11 Å². The van der Waals surface area contributed by atoms with Crippen molar-refractivity contribution >= 4 is 0 Å². The Labute approximate surface area is 119 Å². The van der Waals surface area contributed by atoms with Crippen LogP contribution in [0.5, 0.6) is 0 Å². The molecule has 2 aliphatic rings. The molecule has 112 valence electrons. The molecule has 0 aromatic carbocycles. The first-order chi connectivity index (χ1) is 9.60. The average molecular weight is 280 g/mol. The van der Waals surface area contributed by atoms with Crippen LogP contribution in [0.4, 0.5) is 0 Å². The zero-order valence-electron chi connectivity index (χ0n) is 12.3. The second-order valence-electron chi connectivity index (χ2n) is 6.19. The number of rotatable bonds is 2. The van der Waals surface area contributed by atoms with Gasteiger partial charge in [0.1, 0.15) is 0 Å². The normalized spacial score (nSPS) is 27.6. The Balaban J connectivity index is 1.74. The summed E-state index contributed by atoms with van der Waals surface area (Å²) in [5, 5.41) is 15.0. The largest absolute Gasteiger partial charge is 0.388 e. The molecule has 0 radical (unpaired) electrons. The van der Waals surface area contributed by atoms with Crippen LogP contribution < -0.4 is 0 Å². The Hall–Kier alpha value is -0.910. The fourth-order valence-corrected chi connectivity index (χ4v) is 3.59. The summed E-state index contributed by atoms with van der Waals surface area (Å²) in [5.41, 5.74) is 1.81. The molecule has 1 spiro atoms. The number of aromatic nitrogens is 2. The molecule has 0 saturated carbocycles. The standard InChI is InChI=1S/C15H24N2O3/c1-11-13(10-17(2)16-11)14(18)12-3-6-20-15(9-12)4-7-19-8-5-15/h10,12,14,18H,3-9H2,1-2H3. The number of ether oxygens (including phenoxy) is 2. The van der Waals surface area contributed by atoms with Crippen molar-refractivity contribution in [2.75, 3.05) is 19.8 Å². The first kappa shape index (κ1) is 14.0. The van der Waals surface area contributed by atoms with Gasteiger partial charge in [0.25, 0.3) is 0 Å². The Bertz CT molecular complexity index is 460. The van der Waals surface area contributed by atoms with Crippen molar-refractivity contribution in [3.63, 3.8) is 0 Å². The van der Waals surface area contributed by atoms with Crippen molar-refractivity contribution in [3.05, 3.63) is 17.5 Å². The van der Waals surface area contributed by atoms with Gasteiger partial charge in [-0.05, 0) is 38.5 Å². The fourth-order valence-electron chi connectivity index (χ4n) is 3.59. The van der Waals surface area contributed by atoms with E-state index in [0.29, 0.717) is 0 Å². The molecule has 1 aromatic rings. The maximum absolute atomic E-state index is 10.7. The molecule has 0 amide bonds. The van der Waals surface area contributed by atoms with Crippen LogP contribution in [0.25, 0.3) is 0 Å². The maximum atomic E-state index is 10.7. The van der Waals surface area contributed by atoms with Crippen molar-refractivity contribution in [3.8, 4) is 0 Å². The highest BCUT2D eigenvalue weighted by Gasteiger charge is 2.41. The second-order valence-corrected chi connectivity index (χ2v) is 6.19. The molecule has 20 heavy (non-hydrogen) atoms. The van der Waals surface area contributed by atoms with Crippen molar-refractivity contribution < 1.29 is 14.6 Å². The molecule has 1 aromatic heterocycles. The van der Waals surface area contributed by atoms with Crippen molar-refractivity contribution in [2.45, 2.75) is 44.3 Å². The lowest BCUT2D eigenvalue weighted by Gasteiger charge is -2.44. The van der Waals surface area contributed by atoms with Crippen molar-refractivity contribution in [1.29, 1.82) is 0 Å². The van der Waals surface area contributed by atoms with Gasteiger partial charge in [-0.2, -0.15) is 5.10 Å². The summed E-state index contributed by atoms with van der Waals surface area (Å²) in [6.07, 6.45) is 5.23.